The van der Waals surface area contributed by atoms with E-state index < -0.39 is 120 Å². The molecule has 0 radical (unpaired) electrons. The third kappa shape index (κ3) is 21.8. The number of aliphatic carboxylic acids is 1. The van der Waals surface area contributed by atoms with E-state index in [9.17, 15) is 47.9 Å². The zero-order valence-corrected chi connectivity index (χ0v) is 54.8. The van der Waals surface area contributed by atoms with Crippen LogP contribution in [-0.4, -0.2) is 213 Å². The number of nitrogens with one attached hydrogen (secondary N) is 5. The summed E-state index contributed by atoms with van der Waals surface area (Å²) in [5.41, 5.74) is 5.57. The molecule has 12 atom stereocenters. The van der Waals surface area contributed by atoms with E-state index in [0.717, 1.165) is 5.56 Å². The van der Waals surface area contributed by atoms with Crippen LogP contribution in [0.25, 0.3) is 0 Å². The summed E-state index contributed by atoms with van der Waals surface area (Å²) in [5.74, 6) is -6.61. The van der Waals surface area contributed by atoms with Crippen molar-refractivity contribution in [3.63, 3.8) is 0 Å². The normalized spacial score (nSPS) is 18.8. The molecule has 0 aliphatic carbocycles. The lowest BCUT2D eigenvalue weighted by Crippen LogP contribution is -2.59. The smallest absolute Gasteiger partial charge is 0.311 e. The average molecular weight is 1230 g/mol. The van der Waals surface area contributed by atoms with E-state index in [1.54, 1.807) is 51.5 Å². The number of nitrogens with two attached hydrogens (primary N) is 1. The topological polar surface area (TPSA) is 318 Å². The highest BCUT2D eigenvalue weighted by atomic mass is 16.5. The summed E-state index contributed by atoms with van der Waals surface area (Å²) in [5, 5.41) is 23.5. The van der Waals surface area contributed by atoms with Crippen molar-refractivity contribution >= 4 is 59.2 Å². The fraction of sp³-hybridized carbons (Fsp3) is 0.746. The van der Waals surface area contributed by atoms with Crippen molar-refractivity contribution in [3.8, 4) is 0 Å². The molecule has 0 aromatic heterocycles. The van der Waals surface area contributed by atoms with Crippen LogP contribution in [0.15, 0.2) is 30.3 Å². The van der Waals surface area contributed by atoms with E-state index in [4.69, 9.17) is 25.1 Å². The van der Waals surface area contributed by atoms with Crippen molar-refractivity contribution in [2.45, 2.75) is 201 Å². The first kappa shape index (κ1) is 75.0. The standard InChI is InChI=1S/C63H106N10O14/c1-17-40(8)53(71(14)61(83)51(38(4)5)69-59(81)52(39(6)7)70(12)13)47(85-15)36-48(74)72-31-21-26-45(72)54(86-16)41(9)55(77)67-44(34-42-24-19-18-20-25-42)56(78)65-29-23-33-87-62(84)63(10,11)28-30-66-58(80)50(37(2)3)68-57(79)46-27-22-32-73(46)60(82)43(64)35-49(75)76/h18-20,24-25,37-41,43-47,50-54H,17,21-23,26-36,64H2,1-16H3,(H,65,78)(H,66,80)(H,67,77)(H,68,79)(H,69,81)(H,75,76)/t40-,41+,43-,44-,45-,46-,47+,50-,51-,52-,53-,54+/m0/s1. The lowest BCUT2D eigenvalue weighted by molar-refractivity contribution is -0.154. The van der Waals surface area contributed by atoms with E-state index >= 15 is 0 Å². The number of amides is 8. The minimum atomic E-state index is -1.31. The highest BCUT2D eigenvalue weighted by molar-refractivity contribution is 5.95. The van der Waals surface area contributed by atoms with Crippen LogP contribution in [0.5, 0.6) is 0 Å². The molecule has 24 nitrogen and oxygen atoms in total. The lowest BCUT2D eigenvalue weighted by atomic mass is 9.89. The van der Waals surface area contributed by atoms with E-state index in [-0.39, 0.29) is 93.3 Å². The number of rotatable bonds is 36. The Morgan fingerprint density at radius 2 is 1.34 bits per heavy atom. The van der Waals surface area contributed by atoms with Crippen LogP contribution in [0, 0.1) is 35.0 Å². The average Bonchev–Trinajstić information content (AvgIpc) is 2.53. The number of likely N-dealkylation sites (N-methyl/N-ethyl adjacent to an activating group) is 2. The number of benzene rings is 1. The summed E-state index contributed by atoms with van der Waals surface area (Å²) in [4.78, 5) is 141. The summed E-state index contributed by atoms with van der Waals surface area (Å²) < 4.78 is 17.7. The van der Waals surface area contributed by atoms with Gasteiger partial charge in [-0.25, -0.2) is 0 Å². The van der Waals surface area contributed by atoms with Crippen LogP contribution in [0.1, 0.15) is 140 Å². The monoisotopic (exact) mass is 1230 g/mol. The summed E-state index contributed by atoms with van der Waals surface area (Å²) in [6.07, 6.45) is 1.22. The zero-order chi connectivity index (χ0) is 65.6. The predicted molar refractivity (Wildman–Crippen MR) is 329 cm³/mol. The lowest BCUT2D eigenvalue weighted by Gasteiger charge is -2.41. The molecular weight excluding hydrogens is 1120 g/mol. The van der Waals surface area contributed by atoms with Gasteiger partial charge in [0.2, 0.25) is 47.3 Å². The third-order valence-corrected chi connectivity index (χ3v) is 17.1. The van der Waals surface area contributed by atoms with Gasteiger partial charge in [-0.1, -0.05) is 99.1 Å². The number of carboxylic acids is 1. The molecule has 1 aromatic rings. The molecular formula is C63H106N10O14. The molecule has 0 saturated carbocycles. The van der Waals surface area contributed by atoms with Gasteiger partial charge in [-0.15, -0.1) is 0 Å². The van der Waals surface area contributed by atoms with Crippen LogP contribution in [0.2, 0.25) is 0 Å². The molecule has 8 amide bonds. The number of hydrogen-bond acceptors (Lipinski definition) is 15. The summed E-state index contributed by atoms with van der Waals surface area (Å²) >= 11 is 0. The molecule has 2 aliphatic heterocycles. The number of methoxy groups -OCH3 is 2. The third-order valence-electron chi connectivity index (χ3n) is 17.1. The summed E-state index contributed by atoms with van der Waals surface area (Å²) in [6, 6.07) is 2.74. The molecule has 2 saturated heterocycles. The number of likely N-dealkylation sites (tertiary alicyclic amines) is 2. The van der Waals surface area contributed by atoms with E-state index in [1.807, 2.05) is 90.9 Å². The fourth-order valence-electron chi connectivity index (χ4n) is 11.8. The minimum absolute atomic E-state index is 0.000962. The van der Waals surface area contributed by atoms with Gasteiger partial charge >= 0.3 is 11.9 Å². The first-order valence-corrected chi connectivity index (χ1v) is 31.1. The Morgan fingerprint density at radius 1 is 0.736 bits per heavy atom. The van der Waals surface area contributed by atoms with Gasteiger partial charge in [0.1, 0.15) is 24.2 Å². The molecule has 3 rings (SSSR count). The number of ether oxygens (including phenoxy) is 3. The van der Waals surface area contributed by atoms with Crippen molar-refractivity contribution in [1.29, 1.82) is 0 Å². The number of carboxylic acid groups (broad SMARTS) is 1. The zero-order valence-electron chi connectivity index (χ0n) is 54.8. The number of nitrogens with zero attached hydrogens (tertiary/aromatic N) is 4. The summed E-state index contributed by atoms with van der Waals surface area (Å²) in [6.45, 7) is 21.1. The molecule has 492 valence electrons. The molecule has 8 N–H and O–H groups in total. The van der Waals surface area contributed by atoms with Crippen molar-refractivity contribution in [3.05, 3.63) is 35.9 Å². The Balaban J connectivity index is 1.63. The number of hydrogen-bond donors (Lipinski definition) is 7. The highest BCUT2D eigenvalue weighted by Crippen LogP contribution is 2.30. The Labute approximate surface area is 516 Å². The van der Waals surface area contributed by atoms with Crippen molar-refractivity contribution in [1.82, 2.24) is 46.2 Å². The van der Waals surface area contributed by atoms with Gasteiger partial charge in [0.05, 0.1) is 67.2 Å². The Hall–Kier alpha value is -6.24. The summed E-state index contributed by atoms with van der Waals surface area (Å²) in [7, 11) is 8.40. The molecule has 0 unspecified atom stereocenters. The first-order valence-electron chi connectivity index (χ1n) is 31.1. The van der Waals surface area contributed by atoms with Crippen molar-refractivity contribution < 1.29 is 67.3 Å². The van der Waals surface area contributed by atoms with E-state index in [2.05, 4.69) is 26.6 Å². The molecule has 2 fully saturated rings. The second kappa shape index (κ2) is 35.7. The predicted octanol–water partition coefficient (Wildman–Crippen LogP) is 2.88. The van der Waals surface area contributed by atoms with Gasteiger partial charge < -0.3 is 66.3 Å². The quantitative estimate of drug-likeness (QED) is 0.0375. The molecule has 0 spiro atoms. The van der Waals surface area contributed by atoms with Gasteiger partial charge in [-0.3, -0.25) is 52.8 Å². The maximum absolute atomic E-state index is 14.6. The second-order valence-electron chi connectivity index (χ2n) is 25.6. The van der Waals surface area contributed by atoms with Gasteiger partial charge in [0.15, 0.2) is 0 Å². The SMILES string of the molecule is CC[C@H](C)[C@@H]([C@@H](CC(=O)N1CCC[C@H]1[C@H](OC)[C@@H](C)C(=O)N[C@@H](Cc1ccccc1)C(=O)NCCCOC(=O)C(C)(C)CCNC(=O)[C@@H](NC(=O)[C@@H]1CCCN1C(=O)[C@@H](N)CC(=O)O)C(C)C)OC)N(C)C(=O)[C@@H](NC(=O)[C@H](C(C)C)N(C)C)C(C)C. The van der Waals surface area contributed by atoms with E-state index in [0.29, 0.717) is 38.6 Å². The molecule has 0 bridgehead atoms. The Morgan fingerprint density at radius 3 is 1.91 bits per heavy atom. The molecule has 2 heterocycles. The van der Waals surface area contributed by atoms with Crippen LogP contribution in [0.3, 0.4) is 0 Å². The van der Waals surface area contributed by atoms with E-state index in [1.165, 1.54) is 19.1 Å². The van der Waals surface area contributed by atoms with Crippen LogP contribution in [0.4, 0.5) is 0 Å². The van der Waals surface area contributed by atoms with Gasteiger partial charge in [-0.2, -0.15) is 0 Å². The number of carbonyl (C=O) groups excluding carboxylic acids is 9. The van der Waals surface area contributed by atoms with Crippen LogP contribution < -0.4 is 32.3 Å². The Bertz CT molecular complexity index is 2440. The van der Waals surface area contributed by atoms with Gasteiger partial charge in [-0.05, 0) is 95.7 Å². The van der Waals surface area contributed by atoms with Gasteiger partial charge in [0.25, 0.3) is 0 Å². The molecule has 2 aliphatic rings. The molecule has 24 heteroatoms. The Kier molecular flexibility index (Phi) is 30.8. The van der Waals surface area contributed by atoms with Crippen LogP contribution in [-0.2, 0) is 68.6 Å². The highest BCUT2D eigenvalue weighted by Gasteiger charge is 2.44. The number of esters is 1. The largest absolute Gasteiger partial charge is 0.481 e. The minimum Gasteiger partial charge on any atom is -0.481 e. The second-order valence-corrected chi connectivity index (χ2v) is 25.6. The van der Waals surface area contributed by atoms with Crippen molar-refractivity contribution in [2.75, 3.05) is 68.1 Å². The first-order chi connectivity index (χ1) is 40.8. The van der Waals surface area contributed by atoms with Gasteiger partial charge in [0, 0.05) is 53.9 Å². The fourth-order valence-corrected chi connectivity index (χ4v) is 11.8. The van der Waals surface area contributed by atoms with Crippen molar-refractivity contribution in [2.24, 2.45) is 40.7 Å². The molecule has 87 heavy (non-hydrogen) atoms. The molecule has 1 aromatic carbocycles. The number of carbonyl (C=O) groups is 10. The van der Waals surface area contributed by atoms with Crippen LogP contribution >= 0.6 is 0 Å². The maximum Gasteiger partial charge on any atom is 0.311 e. The maximum atomic E-state index is 14.6.